The molecule has 2 fully saturated rings. The Hall–Kier alpha value is -1.43. The quantitative estimate of drug-likeness (QED) is 0.921. The molecule has 2 unspecified atom stereocenters. The van der Waals surface area contributed by atoms with Crippen molar-refractivity contribution in [2.24, 2.45) is 5.92 Å². The predicted octanol–water partition coefficient (Wildman–Crippen LogP) is 1.64. The molecule has 0 spiro atoms. The van der Waals surface area contributed by atoms with Crippen LogP contribution in [0.15, 0.2) is 6.20 Å². The lowest BCUT2D eigenvalue weighted by atomic mass is 9.91. The van der Waals surface area contributed by atoms with E-state index in [4.69, 9.17) is 0 Å². The third kappa shape index (κ3) is 2.12. The Morgan fingerprint density at radius 1 is 1.50 bits per heavy atom. The van der Waals surface area contributed by atoms with Crippen LogP contribution >= 0.6 is 11.3 Å². The van der Waals surface area contributed by atoms with Crippen LogP contribution in [-0.2, 0) is 9.59 Å². The lowest BCUT2D eigenvalue weighted by Gasteiger charge is -2.42. The van der Waals surface area contributed by atoms with Gasteiger partial charge in [-0.25, -0.2) is 4.98 Å². The van der Waals surface area contributed by atoms with Gasteiger partial charge in [0.15, 0.2) is 0 Å². The molecule has 108 valence electrons. The van der Waals surface area contributed by atoms with Crippen molar-refractivity contribution in [1.82, 2.24) is 15.2 Å². The van der Waals surface area contributed by atoms with Gasteiger partial charge in [-0.1, -0.05) is 0 Å². The van der Waals surface area contributed by atoms with Gasteiger partial charge in [-0.05, 0) is 39.5 Å². The second-order valence-electron chi connectivity index (χ2n) is 5.94. The zero-order chi connectivity index (χ0) is 14.5. The molecule has 3 rings (SSSR count). The molecule has 0 aromatic carbocycles. The van der Waals surface area contributed by atoms with E-state index < -0.39 is 5.54 Å². The van der Waals surface area contributed by atoms with Crippen molar-refractivity contribution in [2.45, 2.75) is 45.2 Å². The number of piperazine rings is 1. The van der Waals surface area contributed by atoms with E-state index in [1.165, 1.54) is 0 Å². The first-order valence-corrected chi connectivity index (χ1v) is 7.78. The van der Waals surface area contributed by atoms with Crippen molar-refractivity contribution < 1.29 is 9.59 Å². The Bertz CT molecular complexity index is 567. The van der Waals surface area contributed by atoms with Gasteiger partial charge in [0.1, 0.15) is 17.1 Å². The van der Waals surface area contributed by atoms with Crippen molar-refractivity contribution in [3.8, 4) is 0 Å². The molecule has 20 heavy (non-hydrogen) atoms. The zero-order valence-electron chi connectivity index (χ0n) is 12.0. The highest BCUT2D eigenvalue weighted by Crippen LogP contribution is 2.42. The summed E-state index contributed by atoms with van der Waals surface area (Å²) in [6.07, 6.45) is 3.84. The molecular formula is C14H19N3O2S. The number of amides is 2. The standard InChI is InChI=1S/C14H19N3O2S/c1-8-6-15-12(20-8)9(2)17-7-11(18)16-14(3,13(17)19)10-4-5-10/h6,9-10H,4-5,7H2,1-3H3,(H,16,18). The average Bonchev–Trinajstić information content (AvgIpc) is 3.16. The fourth-order valence-electron chi connectivity index (χ4n) is 2.86. The highest BCUT2D eigenvalue weighted by Gasteiger charge is 2.53. The molecule has 0 bridgehead atoms. The van der Waals surface area contributed by atoms with Gasteiger partial charge in [-0.15, -0.1) is 11.3 Å². The number of nitrogens with one attached hydrogen (secondary N) is 1. The molecule has 6 heteroatoms. The highest BCUT2D eigenvalue weighted by molar-refractivity contribution is 7.11. The van der Waals surface area contributed by atoms with Crippen LogP contribution in [0.2, 0.25) is 0 Å². The number of hydrogen-bond donors (Lipinski definition) is 1. The van der Waals surface area contributed by atoms with E-state index in [-0.39, 0.29) is 30.3 Å². The van der Waals surface area contributed by atoms with Gasteiger partial charge in [0.25, 0.3) is 0 Å². The van der Waals surface area contributed by atoms with Crippen molar-refractivity contribution >= 4 is 23.2 Å². The van der Waals surface area contributed by atoms with E-state index in [0.29, 0.717) is 0 Å². The topological polar surface area (TPSA) is 62.3 Å². The van der Waals surface area contributed by atoms with Crippen molar-refractivity contribution in [1.29, 1.82) is 0 Å². The molecule has 1 aromatic heterocycles. The summed E-state index contributed by atoms with van der Waals surface area (Å²) in [6.45, 7) is 5.92. The minimum absolute atomic E-state index is 0.0277. The summed E-state index contributed by atoms with van der Waals surface area (Å²) in [5, 5.41) is 3.79. The number of carbonyl (C=O) groups excluding carboxylic acids is 2. The third-order valence-electron chi connectivity index (χ3n) is 4.28. The molecule has 2 amide bonds. The maximum absolute atomic E-state index is 12.8. The van der Waals surface area contributed by atoms with E-state index >= 15 is 0 Å². The van der Waals surface area contributed by atoms with Gasteiger partial charge in [0.2, 0.25) is 11.8 Å². The summed E-state index contributed by atoms with van der Waals surface area (Å²) >= 11 is 1.58. The van der Waals surface area contributed by atoms with E-state index in [0.717, 1.165) is 22.7 Å². The molecular weight excluding hydrogens is 274 g/mol. The summed E-state index contributed by atoms with van der Waals surface area (Å²) in [5.74, 6) is 0.242. The largest absolute Gasteiger partial charge is 0.340 e. The molecule has 1 aliphatic heterocycles. The Labute approximate surface area is 122 Å². The predicted molar refractivity (Wildman–Crippen MR) is 76.3 cm³/mol. The van der Waals surface area contributed by atoms with E-state index in [2.05, 4.69) is 10.3 Å². The molecule has 1 aromatic rings. The minimum Gasteiger partial charge on any atom is -0.340 e. The molecule has 1 saturated heterocycles. The second kappa shape index (κ2) is 4.55. The molecule has 0 radical (unpaired) electrons. The Morgan fingerprint density at radius 2 is 2.20 bits per heavy atom. The summed E-state index contributed by atoms with van der Waals surface area (Å²) in [7, 11) is 0. The van der Waals surface area contributed by atoms with Crippen LogP contribution < -0.4 is 5.32 Å². The number of aryl methyl sites for hydroxylation is 1. The molecule has 1 saturated carbocycles. The van der Waals surface area contributed by atoms with Gasteiger partial charge in [0, 0.05) is 11.1 Å². The van der Waals surface area contributed by atoms with E-state index in [1.807, 2.05) is 27.0 Å². The van der Waals surface area contributed by atoms with Gasteiger partial charge in [-0.3, -0.25) is 9.59 Å². The monoisotopic (exact) mass is 293 g/mol. The molecule has 1 aliphatic carbocycles. The van der Waals surface area contributed by atoms with E-state index in [1.54, 1.807) is 16.2 Å². The van der Waals surface area contributed by atoms with Crippen LogP contribution in [0.4, 0.5) is 0 Å². The molecule has 2 heterocycles. The zero-order valence-corrected chi connectivity index (χ0v) is 12.8. The van der Waals surface area contributed by atoms with Gasteiger partial charge < -0.3 is 10.2 Å². The van der Waals surface area contributed by atoms with Crippen LogP contribution in [0.3, 0.4) is 0 Å². The first-order valence-electron chi connectivity index (χ1n) is 6.96. The third-order valence-corrected chi connectivity index (χ3v) is 5.36. The molecule has 2 aliphatic rings. The van der Waals surface area contributed by atoms with Crippen LogP contribution in [0.1, 0.15) is 42.6 Å². The normalized spacial score (nSPS) is 28.4. The maximum Gasteiger partial charge on any atom is 0.249 e. The number of hydrogen-bond acceptors (Lipinski definition) is 4. The number of rotatable bonds is 3. The van der Waals surface area contributed by atoms with E-state index in [9.17, 15) is 9.59 Å². The average molecular weight is 293 g/mol. The highest BCUT2D eigenvalue weighted by atomic mass is 32.1. The number of carbonyl (C=O) groups is 2. The molecule has 5 nitrogen and oxygen atoms in total. The van der Waals surface area contributed by atoms with Crippen molar-refractivity contribution in [2.75, 3.05) is 6.54 Å². The Kier molecular flexibility index (Phi) is 3.08. The molecule has 1 N–H and O–H groups in total. The fraction of sp³-hybridized carbons (Fsp3) is 0.643. The van der Waals surface area contributed by atoms with Crippen LogP contribution in [0.25, 0.3) is 0 Å². The van der Waals surface area contributed by atoms with Gasteiger partial charge in [-0.2, -0.15) is 0 Å². The van der Waals surface area contributed by atoms with Gasteiger partial charge >= 0.3 is 0 Å². The lowest BCUT2D eigenvalue weighted by Crippen LogP contribution is -2.66. The second-order valence-corrected chi connectivity index (χ2v) is 7.21. The van der Waals surface area contributed by atoms with Crippen LogP contribution in [-0.4, -0.2) is 33.8 Å². The van der Waals surface area contributed by atoms with Crippen molar-refractivity contribution in [3.63, 3.8) is 0 Å². The summed E-state index contributed by atoms with van der Waals surface area (Å²) in [4.78, 5) is 31.9. The smallest absolute Gasteiger partial charge is 0.249 e. The van der Waals surface area contributed by atoms with Gasteiger partial charge in [0.05, 0.1) is 6.04 Å². The number of thiazole rings is 1. The summed E-state index contributed by atoms with van der Waals surface area (Å²) < 4.78 is 0. The lowest BCUT2D eigenvalue weighted by molar-refractivity contribution is -0.152. The van der Waals surface area contributed by atoms with Crippen LogP contribution in [0, 0.1) is 12.8 Å². The first-order chi connectivity index (χ1) is 9.41. The number of nitrogens with zero attached hydrogens (tertiary/aromatic N) is 2. The van der Waals surface area contributed by atoms with Crippen molar-refractivity contribution in [3.05, 3.63) is 16.1 Å². The molecule has 2 atom stereocenters. The minimum atomic E-state index is -0.726. The Morgan fingerprint density at radius 3 is 2.75 bits per heavy atom. The first kappa shape index (κ1) is 13.5. The van der Waals surface area contributed by atoms with Crippen LogP contribution in [0.5, 0.6) is 0 Å². The summed E-state index contributed by atoms with van der Waals surface area (Å²) in [6, 6.07) is -0.148. The summed E-state index contributed by atoms with van der Waals surface area (Å²) in [5.41, 5.74) is -0.726. The fourth-order valence-corrected chi connectivity index (χ4v) is 3.69. The maximum atomic E-state index is 12.8. The SMILES string of the molecule is Cc1cnc(C(C)N2CC(=O)NC(C)(C3CC3)C2=O)s1. The Balaban J connectivity index is 1.88. The number of aromatic nitrogens is 1.